The third-order valence-electron chi connectivity index (χ3n) is 16.2. The van der Waals surface area contributed by atoms with Crippen LogP contribution >= 0.6 is 0 Å². The molecule has 1 aromatic heterocycles. The number of carboxylic acid groups (broad SMARTS) is 3. The number of imidazole rings is 1. The average Bonchev–Trinajstić information content (AvgIpc) is 1.61. The van der Waals surface area contributed by atoms with Gasteiger partial charge in [-0.2, -0.15) is 0 Å². The van der Waals surface area contributed by atoms with E-state index < -0.39 is 267 Å². The molecule has 0 aliphatic carbocycles. The number of carbonyl (C=O) groups excluding carboxylic acids is 16. The minimum atomic E-state index is -2.12. The van der Waals surface area contributed by atoms with Gasteiger partial charge in [-0.1, -0.05) is 27.7 Å². The lowest BCUT2D eigenvalue weighted by Crippen LogP contribution is -2.63. The molecule has 0 saturated carbocycles. The SMILES string of the molecule is CC(C)C[C@H](NC(=O)CNC(=O)[C@H](C)N)C(=O)NCC(=O)N[C@@H](CC(=O)O)C(=O)N[C@H](C(=O)N[C@@H](CCC(=O)O)C(=O)N[C@@H](C)C(=O)N[C@@H](CCC(N)=O)C(=O)N[C@@H](CCC(N)=O)C(=O)N[C@H](C(=O)N[C@H](C(=O)N[C@@H](CC(C)C)C(=O)N[C@@H](Cc1cnc[nH]1)C(=O)N1CCC[C@H]1C(=O)O)[C@@H](C)O)[C@@H](C)O)[C@@H](C)O. The molecule has 0 bridgehead atoms. The summed E-state index contributed by atoms with van der Waals surface area (Å²) in [7, 11) is 0. The van der Waals surface area contributed by atoms with Crippen LogP contribution in [0.2, 0.25) is 0 Å². The van der Waals surface area contributed by atoms with E-state index in [1.54, 1.807) is 27.7 Å². The number of primary amides is 2. The number of amides is 16. The highest BCUT2D eigenvalue weighted by molar-refractivity contribution is 6.01. The zero-order chi connectivity index (χ0) is 82.1. The van der Waals surface area contributed by atoms with Crippen LogP contribution in [0.1, 0.15) is 139 Å². The normalized spacial score (nSPS) is 16.7. The number of H-pyrrole nitrogens is 1. The molecule has 0 spiro atoms. The Hall–Kier alpha value is -11.0. The minimum Gasteiger partial charge on any atom is -0.481 e. The number of hydrogen-bond donors (Lipinski definition) is 23. The number of aromatic nitrogens is 2. The van der Waals surface area contributed by atoms with E-state index in [9.17, 15) is 122 Å². The molecule has 604 valence electrons. The molecule has 0 radical (unpaired) electrons. The number of nitrogens with two attached hydrogens (primary N) is 3. The summed E-state index contributed by atoms with van der Waals surface area (Å²) in [5, 5.41) is 90.6. The monoisotopic (exact) mass is 1540 g/mol. The smallest absolute Gasteiger partial charge is 0.326 e. The first kappa shape index (κ1) is 93.1. The molecule has 26 N–H and O–H groups in total. The molecule has 44 heteroatoms. The van der Waals surface area contributed by atoms with Crippen molar-refractivity contribution in [2.75, 3.05) is 19.6 Å². The lowest BCUT2D eigenvalue weighted by Gasteiger charge is -2.30. The lowest BCUT2D eigenvalue weighted by atomic mass is 10.0. The summed E-state index contributed by atoms with van der Waals surface area (Å²) in [6.45, 7) is 10.8. The number of hydrogen-bond acceptors (Lipinski definition) is 24. The summed E-state index contributed by atoms with van der Waals surface area (Å²) in [6, 6.07) is -22.0. The van der Waals surface area contributed by atoms with Gasteiger partial charge in [0.1, 0.15) is 72.5 Å². The average molecular weight is 1540 g/mol. The van der Waals surface area contributed by atoms with Crippen LogP contribution in [0.25, 0.3) is 0 Å². The second-order valence-corrected chi connectivity index (χ2v) is 26.8. The Balaban J connectivity index is 2.35. The Kier molecular flexibility index (Phi) is 39.2. The van der Waals surface area contributed by atoms with Gasteiger partial charge in [0.2, 0.25) is 94.5 Å². The number of aliphatic hydroxyl groups is 3. The van der Waals surface area contributed by atoms with Gasteiger partial charge in [0, 0.05) is 44.1 Å². The van der Waals surface area contributed by atoms with Gasteiger partial charge in [-0.15, -0.1) is 0 Å². The highest BCUT2D eigenvalue weighted by Gasteiger charge is 2.42. The van der Waals surface area contributed by atoms with Gasteiger partial charge in [-0.25, -0.2) is 9.78 Å². The van der Waals surface area contributed by atoms with E-state index in [1.165, 1.54) is 19.4 Å². The molecule has 0 unspecified atom stereocenters. The molecule has 1 aliphatic heterocycles. The molecule has 16 amide bonds. The van der Waals surface area contributed by atoms with Crippen molar-refractivity contribution < 1.29 is 122 Å². The van der Waals surface area contributed by atoms with Crippen LogP contribution < -0.4 is 86.3 Å². The molecule has 2 heterocycles. The molecule has 16 atom stereocenters. The fraction of sp³-hybridized carbons (Fsp3) is 0.656. The van der Waals surface area contributed by atoms with Crippen molar-refractivity contribution in [2.24, 2.45) is 29.0 Å². The second kappa shape index (κ2) is 45.5. The third-order valence-corrected chi connectivity index (χ3v) is 16.2. The zero-order valence-electron chi connectivity index (χ0n) is 61.2. The standard InChI is InChI=1S/C64H103N19O25/c1-27(2)19-38(73-45(89)24-69-52(95)29(5)65)54(97)70-25-46(90)74-40(22-48(93)94)59(102)81-49(31(7)84)60(103)77-37(14-17-47(91)92)55(98)72-30(6)53(96)75-35(12-15-43(66)87)56(99)76-36(13-16-44(67)88)57(100)80-51(33(9)86)62(105)82-50(32(8)85)61(104)78-39(20-28(3)4)58(101)79-41(21-34-23-68-26-71-34)63(106)83-18-10-11-42(83)64(107)108/h23,26-33,35-42,49-51,84-86H,10-22,24-25,65H2,1-9H3,(H2,66,87)(H2,67,88)(H,68,71)(H,69,95)(H,70,97)(H,72,98)(H,73,89)(H,74,90)(H,75,96)(H,76,99)(H,77,103)(H,78,104)(H,79,101)(H,80,100)(H,81,102)(H,82,105)(H,91,92)(H,93,94)(H,107,108)/t29-,30-,31+,32+,33+,35-,36-,37-,38-,39-,40-,41-,42-,49-,50-,51-/m0/s1. The Morgan fingerprint density at radius 3 is 1.30 bits per heavy atom. The molecule has 108 heavy (non-hydrogen) atoms. The van der Waals surface area contributed by atoms with E-state index in [0.717, 1.165) is 32.6 Å². The first-order chi connectivity index (χ1) is 50.3. The van der Waals surface area contributed by atoms with Gasteiger partial charge >= 0.3 is 17.9 Å². The maximum absolute atomic E-state index is 14.1. The summed E-state index contributed by atoms with van der Waals surface area (Å²) < 4.78 is 0. The zero-order valence-corrected chi connectivity index (χ0v) is 61.2. The summed E-state index contributed by atoms with van der Waals surface area (Å²) in [5.74, 6) is -23.0. The van der Waals surface area contributed by atoms with Crippen LogP contribution in [-0.4, -0.2) is 274 Å². The Bertz CT molecular complexity index is 3370. The molecule has 1 fully saturated rings. The summed E-state index contributed by atoms with van der Waals surface area (Å²) >= 11 is 0. The van der Waals surface area contributed by atoms with Gasteiger partial charge in [0.05, 0.1) is 50.2 Å². The number of aromatic amines is 1. The number of rotatable bonds is 48. The third kappa shape index (κ3) is 33.2. The predicted octanol–water partition coefficient (Wildman–Crippen LogP) is -9.93. The van der Waals surface area contributed by atoms with Crippen LogP contribution in [0.3, 0.4) is 0 Å². The number of likely N-dealkylation sites (tertiary alicyclic amines) is 1. The molecule has 1 saturated heterocycles. The van der Waals surface area contributed by atoms with Gasteiger partial charge in [0.15, 0.2) is 0 Å². The maximum Gasteiger partial charge on any atom is 0.326 e. The Morgan fingerprint density at radius 1 is 0.472 bits per heavy atom. The van der Waals surface area contributed by atoms with Gasteiger partial charge in [-0.05, 0) is 91.4 Å². The van der Waals surface area contributed by atoms with Crippen LogP contribution in [-0.2, 0) is 97.5 Å². The van der Waals surface area contributed by atoms with Crippen molar-refractivity contribution in [1.29, 1.82) is 0 Å². The highest BCUT2D eigenvalue weighted by atomic mass is 16.4. The summed E-state index contributed by atoms with van der Waals surface area (Å²) in [5.41, 5.74) is 16.6. The quantitative estimate of drug-likeness (QED) is 0.0288. The molecule has 44 nitrogen and oxygen atoms in total. The van der Waals surface area contributed by atoms with Crippen molar-refractivity contribution >= 4 is 112 Å². The first-order valence-electron chi connectivity index (χ1n) is 34.5. The molecule has 1 aliphatic rings. The number of nitrogens with zero attached hydrogens (tertiary/aromatic N) is 2. The van der Waals surface area contributed by atoms with E-state index in [2.05, 4.69) is 73.8 Å². The summed E-state index contributed by atoms with van der Waals surface area (Å²) in [4.78, 5) is 258. The lowest BCUT2D eigenvalue weighted by molar-refractivity contribution is -0.149. The highest BCUT2D eigenvalue weighted by Crippen LogP contribution is 2.20. The number of nitrogens with one attached hydrogen (secondary N) is 14. The van der Waals surface area contributed by atoms with Crippen molar-refractivity contribution in [2.45, 2.75) is 236 Å². The molecular formula is C64H103N19O25. The van der Waals surface area contributed by atoms with Crippen molar-refractivity contribution in [3.63, 3.8) is 0 Å². The summed E-state index contributed by atoms with van der Waals surface area (Å²) in [6.07, 6.45) is -8.04. The van der Waals surface area contributed by atoms with Crippen molar-refractivity contribution in [3.8, 4) is 0 Å². The Labute approximate surface area is 619 Å². The van der Waals surface area contributed by atoms with Crippen molar-refractivity contribution in [3.05, 3.63) is 18.2 Å². The molecular weight excluding hydrogens is 1430 g/mol. The van der Waals surface area contributed by atoms with Gasteiger partial charge in [0.25, 0.3) is 0 Å². The number of aliphatic hydroxyl groups excluding tert-OH is 3. The molecule has 0 aromatic carbocycles. The van der Waals surface area contributed by atoms with E-state index >= 15 is 0 Å². The number of carboxylic acids is 3. The van der Waals surface area contributed by atoms with Crippen LogP contribution in [0.4, 0.5) is 0 Å². The number of aliphatic carboxylic acids is 3. The van der Waals surface area contributed by atoms with Crippen molar-refractivity contribution in [1.82, 2.24) is 84.0 Å². The second-order valence-electron chi connectivity index (χ2n) is 26.8. The van der Waals surface area contributed by atoms with Crippen LogP contribution in [0, 0.1) is 11.8 Å². The largest absolute Gasteiger partial charge is 0.481 e. The Morgan fingerprint density at radius 2 is 0.861 bits per heavy atom. The first-order valence-corrected chi connectivity index (χ1v) is 34.5. The van der Waals surface area contributed by atoms with E-state index in [4.69, 9.17) is 17.2 Å². The van der Waals surface area contributed by atoms with E-state index in [-0.39, 0.29) is 44.1 Å². The van der Waals surface area contributed by atoms with Crippen LogP contribution in [0.5, 0.6) is 0 Å². The fourth-order valence-corrected chi connectivity index (χ4v) is 10.6. The van der Waals surface area contributed by atoms with Gasteiger partial charge in [-0.3, -0.25) is 86.3 Å². The number of carbonyl (C=O) groups is 19. The topological polar surface area (TPSA) is 712 Å². The maximum atomic E-state index is 14.1. The van der Waals surface area contributed by atoms with E-state index in [0.29, 0.717) is 12.1 Å². The van der Waals surface area contributed by atoms with Gasteiger partial charge < -0.3 is 127 Å². The van der Waals surface area contributed by atoms with E-state index in [1.807, 2.05) is 5.32 Å². The minimum absolute atomic E-state index is 0.0307. The van der Waals surface area contributed by atoms with Crippen LogP contribution in [0.15, 0.2) is 12.5 Å². The fourth-order valence-electron chi connectivity index (χ4n) is 10.6. The molecule has 1 aromatic rings. The predicted molar refractivity (Wildman–Crippen MR) is 371 cm³/mol. The molecule has 2 rings (SSSR count).